The minimum Gasteiger partial charge on any atom is -0.494 e. The van der Waals surface area contributed by atoms with E-state index in [9.17, 15) is 0 Å². The molecule has 1 aromatic carbocycles. The van der Waals surface area contributed by atoms with Crippen LogP contribution in [0.2, 0.25) is 0 Å². The molecule has 0 spiro atoms. The molecule has 0 radical (unpaired) electrons. The Kier molecular flexibility index (Phi) is 6.18. The third-order valence-electron chi connectivity index (χ3n) is 3.91. The molecule has 0 saturated carbocycles. The van der Waals surface area contributed by atoms with Crippen molar-refractivity contribution < 1.29 is 4.74 Å². The predicted octanol–water partition coefficient (Wildman–Crippen LogP) is 3.95. The maximum atomic E-state index is 5.72. The molecule has 2 rings (SSSR count). The molecule has 19 heavy (non-hydrogen) atoms. The molecule has 1 atom stereocenters. The molecule has 1 saturated heterocycles. The highest BCUT2D eigenvalue weighted by Crippen LogP contribution is 2.24. The maximum Gasteiger partial charge on any atom is 0.119 e. The molecule has 106 valence electrons. The van der Waals surface area contributed by atoms with Crippen molar-refractivity contribution in [1.82, 2.24) is 4.90 Å². The third-order valence-corrected chi connectivity index (χ3v) is 4.66. The molecule has 1 aliphatic heterocycles. The Labute approximate surface area is 125 Å². The average Bonchev–Trinajstić information content (AvgIpc) is 2.45. The van der Waals surface area contributed by atoms with Gasteiger partial charge in [0.1, 0.15) is 5.75 Å². The second-order valence-electron chi connectivity index (χ2n) is 5.37. The number of piperidine rings is 1. The van der Waals surface area contributed by atoms with Crippen molar-refractivity contribution in [3.63, 3.8) is 0 Å². The zero-order valence-corrected chi connectivity index (χ0v) is 13.3. The van der Waals surface area contributed by atoms with Crippen molar-refractivity contribution in [2.75, 3.05) is 26.2 Å². The summed E-state index contributed by atoms with van der Waals surface area (Å²) in [4.78, 5) is 3.23. The van der Waals surface area contributed by atoms with Gasteiger partial charge in [0.15, 0.2) is 0 Å². The van der Waals surface area contributed by atoms with E-state index in [-0.39, 0.29) is 0 Å². The van der Waals surface area contributed by atoms with Crippen LogP contribution in [0.5, 0.6) is 5.75 Å². The number of likely N-dealkylation sites (tertiary alicyclic amines) is 1. The molecule has 0 aliphatic carbocycles. The summed E-state index contributed by atoms with van der Waals surface area (Å²) in [6, 6.07) is 10.1. The number of ether oxygens (including phenoxy) is 1. The summed E-state index contributed by atoms with van der Waals surface area (Å²) in [5.74, 6) is 1.84. The largest absolute Gasteiger partial charge is 0.494 e. The molecule has 1 aromatic rings. The van der Waals surface area contributed by atoms with Gasteiger partial charge in [-0.3, -0.25) is 0 Å². The molecule has 3 heteroatoms. The van der Waals surface area contributed by atoms with Crippen LogP contribution in [-0.4, -0.2) is 36.0 Å². The highest BCUT2D eigenvalue weighted by molar-refractivity contribution is 9.09. The lowest BCUT2D eigenvalue weighted by Gasteiger charge is -2.33. The van der Waals surface area contributed by atoms with Crippen molar-refractivity contribution in [2.24, 2.45) is 5.92 Å². The number of halogens is 1. The van der Waals surface area contributed by atoms with Crippen LogP contribution in [-0.2, 0) is 0 Å². The van der Waals surface area contributed by atoms with Gasteiger partial charge in [-0.25, -0.2) is 0 Å². The molecule has 0 N–H and O–H groups in total. The van der Waals surface area contributed by atoms with Gasteiger partial charge in [-0.2, -0.15) is 0 Å². The number of benzene rings is 1. The number of hydrogen-bond acceptors (Lipinski definition) is 2. The lowest BCUT2D eigenvalue weighted by Crippen LogP contribution is -2.36. The van der Waals surface area contributed by atoms with E-state index in [2.05, 4.69) is 27.8 Å². The third kappa shape index (κ3) is 5.15. The predicted molar refractivity (Wildman–Crippen MR) is 84.1 cm³/mol. The van der Waals surface area contributed by atoms with Gasteiger partial charge in [-0.05, 0) is 50.4 Å². The van der Waals surface area contributed by atoms with E-state index in [1.165, 1.54) is 25.9 Å². The molecule has 2 nitrogen and oxygen atoms in total. The zero-order valence-electron chi connectivity index (χ0n) is 11.7. The lowest BCUT2D eigenvalue weighted by atomic mass is 9.94. The lowest BCUT2D eigenvalue weighted by molar-refractivity contribution is 0.171. The first-order valence-electron chi connectivity index (χ1n) is 7.30. The van der Waals surface area contributed by atoms with Crippen LogP contribution < -0.4 is 4.74 Å². The normalized spacial score (nSPS) is 19.3. The summed E-state index contributed by atoms with van der Waals surface area (Å²) in [7, 11) is 0. The minimum absolute atomic E-state index is 0.663. The Bertz CT molecular complexity index is 347. The Morgan fingerprint density at radius 2 is 1.95 bits per heavy atom. The van der Waals surface area contributed by atoms with Crippen molar-refractivity contribution in [3.05, 3.63) is 30.3 Å². The van der Waals surface area contributed by atoms with Crippen LogP contribution in [0.4, 0.5) is 0 Å². The first-order chi connectivity index (χ1) is 9.25. The van der Waals surface area contributed by atoms with E-state index in [0.29, 0.717) is 4.83 Å². The Balaban J connectivity index is 1.57. The first kappa shape index (κ1) is 14.9. The van der Waals surface area contributed by atoms with Crippen LogP contribution in [0.3, 0.4) is 0 Å². The van der Waals surface area contributed by atoms with Gasteiger partial charge in [0.2, 0.25) is 0 Å². The van der Waals surface area contributed by atoms with E-state index in [1.54, 1.807) is 0 Å². The van der Waals surface area contributed by atoms with E-state index >= 15 is 0 Å². The molecule has 1 aliphatic rings. The van der Waals surface area contributed by atoms with Crippen molar-refractivity contribution in [3.8, 4) is 5.75 Å². The summed E-state index contributed by atoms with van der Waals surface area (Å²) in [5, 5.41) is 0. The van der Waals surface area contributed by atoms with Gasteiger partial charge in [0.05, 0.1) is 6.61 Å². The molecular formula is C16H24BrNO. The molecule has 0 amide bonds. The zero-order chi connectivity index (χ0) is 13.5. The number of rotatable bonds is 6. The molecule has 1 unspecified atom stereocenters. The van der Waals surface area contributed by atoms with E-state index in [4.69, 9.17) is 4.74 Å². The number of hydrogen-bond donors (Lipinski definition) is 0. The fraction of sp³-hybridized carbons (Fsp3) is 0.625. The second-order valence-corrected chi connectivity index (χ2v) is 6.82. The molecule has 1 heterocycles. The standard InChI is InChI=1S/C16H24BrNO/c1-14(17)15-8-11-18(12-9-15)10-5-13-19-16-6-3-2-4-7-16/h2-4,6-7,14-15H,5,8-13H2,1H3. The summed E-state index contributed by atoms with van der Waals surface area (Å²) in [6.45, 7) is 6.74. The smallest absolute Gasteiger partial charge is 0.119 e. The molecule has 0 aromatic heterocycles. The summed E-state index contributed by atoms with van der Waals surface area (Å²) >= 11 is 3.71. The minimum atomic E-state index is 0.663. The van der Waals surface area contributed by atoms with E-state index < -0.39 is 0 Å². The number of para-hydroxylation sites is 1. The first-order valence-corrected chi connectivity index (χ1v) is 8.21. The van der Waals surface area contributed by atoms with E-state index in [0.717, 1.165) is 31.2 Å². The van der Waals surface area contributed by atoms with Crippen LogP contribution in [0.1, 0.15) is 26.2 Å². The summed E-state index contributed by atoms with van der Waals surface area (Å²) in [6.07, 6.45) is 3.77. The van der Waals surface area contributed by atoms with Crippen molar-refractivity contribution in [2.45, 2.75) is 31.0 Å². The quantitative estimate of drug-likeness (QED) is 0.580. The van der Waals surface area contributed by atoms with Crippen LogP contribution in [0.15, 0.2) is 30.3 Å². The van der Waals surface area contributed by atoms with Gasteiger partial charge in [-0.1, -0.05) is 41.1 Å². The van der Waals surface area contributed by atoms with Gasteiger partial charge < -0.3 is 9.64 Å². The van der Waals surface area contributed by atoms with Gasteiger partial charge >= 0.3 is 0 Å². The molecule has 1 fully saturated rings. The van der Waals surface area contributed by atoms with Gasteiger partial charge in [-0.15, -0.1) is 0 Å². The van der Waals surface area contributed by atoms with Crippen molar-refractivity contribution in [1.29, 1.82) is 0 Å². The second kappa shape index (κ2) is 7.91. The van der Waals surface area contributed by atoms with Gasteiger partial charge in [0.25, 0.3) is 0 Å². The average molecular weight is 326 g/mol. The van der Waals surface area contributed by atoms with Crippen molar-refractivity contribution >= 4 is 15.9 Å². The van der Waals surface area contributed by atoms with Crippen LogP contribution >= 0.6 is 15.9 Å². The SMILES string of the molecule is CC(Br)C1CCN(CCCOc2ccccc2)CC1. The van der Waals surface area contributed by atoms with Crippen LogP contribution in [0, 0.1) is 5.92 Å². The van der Waals surface area contributed by atoms with E-state index in [1.807, 2.05) is 30.3 Å². The summed E-state index contributed by atoms with van der Waals surface area (Å²) < 4.78 is 5.72. The number of alkyl halides is 1. The van der Waals surface area contributed by atoms with Crippen LogP contribution in [0.25, 0.3) is 0 Å². The summed E-state index contributed by atoms with van der Waals surface area (Å²) in [5.41, 5.74) is 0. The Hall–Kier alpha value is -0.540. The highest BCUT2D eigenvalue weighted by Gasteiger charge is 2.21. The molecular weight excluding hydrogens is 302 g/mol. The fourth-order valence-corrected chi connectivity index (χ4v) is 3.16. The maximum absolute atomic E-state index is 5.72. The topological polar surface area (TPSA) is 12.5 Å². The highest BCUT2D eigenvalue weighted by atomic mass is 79.9. The molecule has 0 bridgehead atoms. The Morgan fingerprint density at radius 3 is 2.58 bits per heavy atom. The number of nitrogens with zero attached hydrogens (tertiary/aromatic N) is 1. The van der Waals surface area contributed by atoms with Gasteiger partial charge in [0, 0.05) is 11.4 Å². The Morgan fingerprint density at radius 1 is 1.26 bits per heavy atom. The fourth-order valence-electron chi connectivity index (χ4n) is 2.63. The monoisotopic (exact) mass is 325 g/mol.